The van der Waals surface area contributed by atoms with Gasteiger partial charge >= 0.3 is 0 Å². The Morgan fingerprint density at radius 3 is 2.85 bits per heavy atom. The van der Waals surface area contributed by atoms with Crippen LogP contribution >= 0.6 is 0 Å². The molecule has 1 aliphatic carbocycles. The highest BCUT2D eigenvalue weighted by atomic mass is 15.0. The first-order valence-corrected chi connectivity index (χ1v) is 7.61. The molecule has 2 heterocycles. The fourth-order valence-electron chi connectivity index (χ4n) is 3.33. The molecular formula is C16H22N4. The van der Waals surface area contributed by atoms with E-state index < -0.39 is 0 Å². The molecule has 0 N–H and O–H groups in total. The Kier molecular flexibility index (Phi) is 4.41. The molecule has 2 unspecified atom stereocenters. The molecule has 0 aromatic carbocycles. The van der Waals surface area contributed by atoms with Gasteiger partial charge in [0, 0.05) is 37.5 Å². The molecule has 0 saturated heterocycles. The van der Waals surface area contributed by atoms with E-state index >= 15 is 0 Å². The second-order valence-electron chi connectivity index (χ2n) is 5.89. The average molecular weight is 270 g/mol. The number of hydrogen-bond acceptors (Lipinski definition) is 3. The molecule has 4 nitrogen and oxygen atoms in total. The number of rotatable bonds is 5. The van der Waals surface area contributed by atoms with Crippen molar-refractivity contribution in [2.24, 2.45) is 11.8 Å². The zero-order chi connectivity index (χ0) is 13.6. The molecule has 4 heteroatoms. The van der Waals surface area contributed by atoms with Crippen molar-refractivity contribution in [3.63, 3.8) is 0 Å². The minimum Gasteiger partial charge on any atom is -0.337 e. The third-order valence-electron chi connectivity index (χ3n) is 4.36. The Morgan fingerprint density at radius 2 is 2.05 bits per heavy atom. The lowest BCUT2D eigenvalue weighted by Crippen LogP contribution is -2.19. The minimum atomic E-state index is 0.785. The van der Waals surface area contributed by atoms with Crippen molar-refractivity contribution < 1.29 is 0 Å². The topological polar surface area (TPSA) is 43.6 Å². The molecule has 2 atom stereocenters. The Bertz CT molecular complexity index is 494. The average Bonchev–Trinajstić information content (AvgIpc) is 3.00. The highest BCUT2D eigenvalue weighted by molar-refractivity contribution is 4.97. The monoisotopic (exact) mass is 270 g/mol. The lowest BCUT2D eigenvalue weighted by atomic mass is 9.78. The Morgan fingerprint density at radius 1 is 1.10 bits per heavy atom. The Balaban J connectivity index is 1.49. The minimum absolute atomic E-state index is 0.785. The van der Waals surface area contributed by atoms with E-state index in [1.165, 1.54) is 32.1 Å². The van der Waals surface area contributed by atoms with Crippen molar-refractivity contribution in [1.29, 1.82) is 0 Å². The number of imidazole rings is 1. The predicted octanol–water partition coefficient (Wildman–Crippen LogP) is 3.11. The maximum Gasteiger partial charge on any atom is 0.0945 e. The van der Waals surface area contributed by atoms with Gasteiger partial charge in [-0.2, -0.15) is 0 Å². The van der Waals surface area contributed by atoms with Crippen LogP contribution in [-0.4, -0.2) is 19.5 Å². The molecule has 0 aliphatic heterocycles. The zero-order valence-corrected chi connectivity index (χ0v) is 11.9. The summed E-state index contributed by atoms with van der Waals surface area (Å²) >= 11 is 0. The van der Waals surface area contributed by atoms with Crippen LogP contribution in [0.2, 0.25) is 0 Å². The van der Waals surface area contributed by atoms with Gasteiger partial charge in [-0.1, -0.05) is 19.3 Å². The fourth-order valence-corrected chi connectivity index (χ4v) is 3.33. The van der Waals surface area contributed by atoms with Gasteiger partial charge in [-0.3, -0.25) is 9.97 Å². The SMILES string of the molecule is c1cnc(CC2CCCC(CCn3ccnc3)C2)cn1. The number of aryl methyl sites for hydroxylation is 1. The molecule has 2 aromatic rings. The van der Waals surface area contributed by atoms with Crippen LogP contribution in [0, 0.1) is 11.8 Å². The molecule has 1 aliphatic rings. The molecule has 0 spiro atoms. The fraction of sp³-hybridized carbons (Fsp3) is 0.562. The molecule has 20 heavy (non-hydrogen) atoms. The first-order valence-electron chi connectivity index (χ1n) is 7.61. The zero-order valence-electron chi connectivity index (χ0n) is 11.9. The number of nitrogens with zero attached hydrogens (tertiary/aromatic N) is 4. The van der Waals surface area contributed by atoms with Gasteiger partial charge < -0.3 is 4.57 Å². The van der Waals surface area contributed by atoms with Crippen LogP contribution in [0.4, 0.5) is 0 Å². The van der Waals surface area contributed by atoms with Gasteiger partial charge in [0.25, 0.3) is 0 Å². The van der Waals surface area contributed by atoms with Crippen LogP contribution in [0.1, 0.15) is 37.8 Å². The van der Waals surface area contributed by atoms with E-state index in [0.717, 1.165) is 30.5 Å². The molecule has 1 saturated carbocycles. The first kappa shape index (κ1) is 13.3. The van der Waals surface area contributed by atoms with Crippen molar-refractivity contribution in [1.82, 2.24) is 19.5 Å². The third-order valence-corrected chi connectivity index (χ3v) is 4.36. The molecule has 0 radical (unpaired) electrons. The summed E-state index contributed by atoms with van der Waals surface area (Å²) in [5.41, 5.74) is 1.15. The Labute approximate surface area is 120 Å². The molecule has 2 aromatic heterocycles. The molecular weight excluding hydrogens is 248 g/mol. The van der Waals surface area contributed by atoms with Crippen LogP contribution in [0.15, 0.2) is 37.3 Å². The summed E-state index contributed by atoms with van der Waals surface area (Å²) < 4.78 is 2.19. The first-order chi connectivity index (χ1) is 9.90. The summed E-state index contributed by atoms with van der Waals surface area (Å²) in [6.07, 6.45) is 19.1. The molecule has 0 bridgehead atoms. The summed E-state index contributed by atoms with van der Waals surface area (Å²) in [5, 5.41) is 0. The number of aromatic nitrogens is 4. The van der Waals surface area contributed by atoms with Crippen LogP contribution < -0.4 is 0 Å². The van der Waals surface area contributed by atoms with Gasteiger partial charge in [0.2, 0.25) is 0 Å². The second kappa shape index (κ2) is 6.64. The largest absolute Gasteiger partial charge is 0.337 e. The van der Waals surface area contributed by atoms with E-state index in [1.54, 1.807) is 12.4 Å². The maximum atomic E-state index is 4.41. The summed E-state index contributed by atoms with van der Waals surface area (Å²) in [7, 11) is 0. The van der Waals surface area contributed by atoms with E-state index in [9.17, 15) is 0 Å². The lowest BCUT2D eigenvalue weighted by Gasteiger charge is -2.29. The summed E-state index contributed by atoms with van der Waals surface area (Å²) in [6, 6.07) is 0. The van der Waals surface area contributed by atoms with Crippen LogP contribution in [0.3, 0.4) is 0 Å². The summed E-state index contributed by atoms with van der Waals surface area (Å²) in [6.45, 7) is 1.10. The van der Waals surface area contributed by atoms with E-state index in [4.69, 9.17) is 0 Å². The summed E-state index contributed by atoms with van der Waals surface area (Å²) in [4.78, 5) is 12.7. The highest BCUT2D eigenvalue weighted by Crippen LogP contribution is 2.33. The van der Waals surface area contributed by atoms with Crippen molar-refractivity contribution in [3.05, 3.63) is 43.0 Å². The van der Waals surface area contributed by atoms with Gasteiger partial charge in [0.05, 0.1) is 12.0 Å². The lowest BCUT2D eigenvalue weighted by molar-refractivity contribution is 0.245. The van der Waals surface area contributed by atoms with Gasteiger partial charge in [-0.15, -0.1) is 0 Å². The molecule has 3 rings (SSSR count). The number of hydrogen-bond donors (Lipinski definition) is 0. The third kappa shape index (κ3) is 3.65. The van der Waals surface area contributed by atoms with Crippen LogP contribution in [0.25, 0.3) is 0 Å². The van der Waals surface area contributed by atoms with Crippen LogP contribution in [-0.2, 0) is 13.0 Å². The van der Waals surface area contributed by atoms with Gasteiger partial charge in [0.15, 0.2) is 0 Å². The quantitative estimate of drug-likeness (QED) is 0.838. The summed E-state index contributed by atoms with van der Waals surface area (Å²) in [5.74, 6) is 1.64. The van der Waals surface area contributed by atoms with Gasteiger partial charge in [-0.05, 0) is 31.1 Å². The standard InChI is InChI=1S/C16H22N4/c1-2-14(4-8-20-9-7-18-13-20)10-15(3-1)11-16-12-17-5-6-19-16/h5-7,9,12-15H,1-4,8,10-11H2. The highest BCUT2D eigenvalue weighted by Gasteiger charge is 2.22. The van der Waals surface area contributed by atoms with Crippen LogP contribution in [0.5, 0.6) is 0 Å². The maximum absolute atomic E-state index is 4.41. The van der Waals surface area contributed by atoms with Crippen molar-refractivity contribution in [2.45, 2.75) is 45.1 Å². The second-order valence-corrected chi connectivity index (χ2v) is 5.89. The smallest absolute Gasteiger partial charge is 0.0945 e. The predicted molar refractivity (Wildman–Crippen MR) is 78.0 cm³/mol. The normalized spacial score (nSPS) is 22.8. The Hall–Kier alpha value is -1.71. The van der Waals surface area contributed by atoms with E-state index in [2.05, 4.69) is 25.7 Å². The van der Waals surface area contributed by atoms with E-state index in [1.807, 2.05) is 18.7 Å². The molecule has 1 fully saturated rings. The van der Waals surface area contributed by atoms with Crippen molar-refractivity contribution in [3.8, 4) is 0 Å². The van der Waals surface area contributed by atoms with E-state index in [-0.39, 0.29) is 0 Å². The van der Waals surface area contributed by atoms with Gasteiger partial charge in [-0.25, -0.2) is 4.98 Å². The molecule has 0 amide bonds. The van der Waals surface area contributed by atoms with Gasteiger partial charge in [0.1, 0.15) is 0 Å². The molecule has 106 valence electrons. The van der Waals surface area contributed by atoms with Crippen molar-refractivity contribution in [2.75, 3.05) is 0 Å². The van der Waals surface area contributed by atoms with E-state index in [0.29, 0.717) is 0 Å². The van der Waals surface area contributed by atoms with Crippen molar-refractivity contribution >= 4 is 0 Å².